The zero-order chi connectivity index (χ0) is 20.2. The monoisotopic (exact) mass is 393 g/mol. The molecule has 150 valence electrons. The van der Waals surface area contributed by atoms with E-state index < -0.39 is 0 Å². The average molecular weight is 393 g/mol. The van der Waals surface area contributed by atoms with E-state index in [4.69, 9.17) is 28.7 Å². The Bertz CT molecular complexity index is 968. The summed E-state index contributed by atoms with van der Waals surface area (Å²) in [5.74, 6) is 2.58. The molecular weight excluding hydrogens is 370 g/mol. The van der Waals surface area contributed by atoms with Gasteiger partial charge in [0, 0.05) is 11.8 Å². The predicted molar refractivity (Wildman–Crippen MR) is 111 cm³/mol. The molecule has 2 aromatic rings. The molecule has 0 aliphatic carbocycles. The fraction of sp³-hybridized carbons (Fsp3) is 0.261. The SMILES string of the molecule is COc1cc(C2N=CC=CC=C2c2cccc3c2COCO3)cc(OC)c1OC. The molecule has 1 atom stereocenters. The standard InChI is InChI=1S/C23H23NO5/c1-25-20-11-15(12-21(26-2)23(20)27-3)22-17(7-4-5-10-24-22)16-8-6-9-19-18(16)13-28-14-29-19/h4-12,22H,13-14H2,1-3H3. The van der Waals surface area contributed by atoms with Gasteiger partial charge in [-0.05, 0) is 41.0 Å². The van der Waals surface area contributed by atoms with Crippen molar-refractivity contribution < 1.29 is 23.7 Å². The molecule has 29 heavy (non-hydrogen) atoms. The minimum absolute atomic E-state index is 0.257. The van der Waals surface area contributed by atoms with Gasteiger partial charge in [-0.2, -0.15) is 0 Å². The molecule has 6 heteroatoms. The predicted octanol–water partition coefficient (Wildman–Crippen LogP) is 4.34. The highest BCUT2D eigenvalue weighted by Crippen LogP contribution is 2.45. The number of hydrogen-bond acceptors (Lipinski definition) is 6. The minimum Gasteiger partial charge on any atom is -0.493 e. The molecule has 6 nitrogen and oxygen atoms in total. The van der Waals surface area contributed by atoms with E-state index in [1.54, 1.807) is 27.5 Å². The maximum absolute atomic E-state index is 5.67. The number of rotatable bonds is 5. The van der Waals surface area contributed by atoms with Crippen LogP contribution in [0.5, 0.6) is 23.0 Å². The maximum Gasteiger partial charge on any atom is 0.203 e. The number of allylic oxidation sites excluding steroid dienone is 3. The Morgan fingerprint density at radius 1 is 1.00 bits per heavy atom. The molecule has 2 aliphatic rings. The van der Waals surface area contributed by atoms with Crippen molar-refractivity contribution in [3.8, 4) is 23.0 Å². The van der Waals surface area contributed by atoms with Crippen LogP contribution in [0.25, 0.3) is 5.57 Å². The van der Waals surface area contributed by atoms with Gasteiger partial charge in [0.1, 0.15) is 11.8 Å². The van der Waals surface area contributed by atoms with E-state index >= 15 is 0 Å². The Morgan fingerprint density at radius 2 is 1.79 bits per heavy atom. The Morgan fingerprint density at radius 3 is 2.52 bits per heavy atom. The largest absolute Gasteiger partial charge is 0.493 e. The summed E-state index contributed by atoms with van der Waals surface area (Å²) in [6, 6.07) is 9.64. The van der Waals surface area contributed by atoms with Crippen molar-refractivity contribution in [1.29, 1.82) is 0 Å². The van der Waals surface area contributed by atoms with Crippen molar-refractivity contribution in [2.24, 2.45) is 4.99 Å². The number of benzene rings is 2. The molecule has 2 heterocycles. The Hall–Kier alpha value is -3.25. The summed E-state index contributed by atoms with van der Waals surface area (Å²) in [4.78, 5) is 4.79. The van der Waals surface area contributed by atoms with Crippen LogP contribution >= 0.6 is 0 Å². The lowest BCUT2D eigenvalue weighted by Gasteiger charge is -2.25. The van der Waals surface area contributed by atoms with Gasteiger partial charge in [-0.25, -0.2) is 0 Å². The Balaban J connectivity index is 1.85. The normalized spacial score (nSPS) is 17.6. The fourth-order valence-corrected chi connectivity index (χ4v) is 3.65. The van der Waals surface area contributed by atoms with E-state index in [1.807, 2.05) is 36.4 Å². The lowest BCUT2D eigenvalue weighted by molar-refractivity contribution is -0.0165. The summed E-state index contributed by atoms with van der Waals surface area (Å²) < 4.78 is 27.8. The molecule has 2 aromatic carbocycles. The second-order valence-electron chi connectivity index (χ2n) is 6.56. The van der Waals surface area contributed by atoms with Crippen molar-refractivity contribution in [2.45, 2.75) is 12.6 Å². The van der Waals surface area contributed by atoms with Crippen molar-refractivity contribution in [2.75, 3.05) is 28.1 Å². The number of aliphatic imine (C=N–C) groups is 1. The fourth-order valence-electron chi connectivity index (χ4n) is 3.65. The molecule has 0 N–H and O–H groups in total. The van der Waals surface area contributed by atoms with Crippen LogP contribution in [0.15, 0.2) is 53.6 Å². The third-order valence-electron chi connectivity index (χ3n) is 4.99. The summed E-state index contributed by atoms with van der Waals surface area (Å²) in [6.07, 6.45) is 7.78. The quantitative estimate of drug-likeness (QED) is 0.756. The topological polar surface area (TPSA) is 58.5 Å². The van der Waals surface area contributed by atoms with Gasteiger partial charge >= 0.3 is 0 Å². The smallest absolute Gasteiger partial charge is 0.203 e. The van der Waals surface area contributed by atoms with E-state index in [1.165, 1.54) is 0 Å². The number of ether oxygens (including phenoxy) is 5. The molecule has 0 fully saturated rings. The van der Waals surface area contributed by atoms with Crippen molar-refractivity contribution in [1.82, 2.24) is 0 Å². The molecule has 0 saturated carbocycles. The summed E-state index contributed by atoms with van der Waals surface area (Å²) in [5, 5.41) is 0. The van der Waals surface area contributed by atoms with E-state index in [0.717, 1.165) is 28.0 Å². The van der Waals surface area contributed by atoms with Crippen LogP contribution in [0, 0.1) is 0 Å². The molecular formula is C23H23NO5. The van der Waals surface area contributed by atoms with E-state index in [-0.39, 0.29) is 12.8 Å². The van der Waals surface area contributed by atoms with Crippen molar-refractivity contribution >= 4 is 11.8 Å². The molecule has 0 bridgehead atoms. The first-order chi connectivity index (χ1) is 14.3. The van der Waals surface area contributed by atoms with Gasteiger partial charge in [0.05, 0.1) is 27.9 Å². The van der Waals surface area contributed by atoms with Crippen LogP contribution in [0.3, 0.4) is 0 Å². The van der Waals surface area contributed by atoms with Gasteiger partial charge in [0.25, 0.3) is 0 Å². The average Bonchev–Trinajstić information content (AvgIpc) is 3.03. The van der Waals surface area contributed by atoms with Gasteiger partial charge in [0.2, 0.25) is 5.75 Å². The third kappa shape index (κ3) is 3.59. The van der Waals surface area contributed by atoms with Gasteiger partial charge < -0.3 is 23.7 Å². The van der Waals surface area contributed by atoms with E-state index in [9.17, 15) is 0 Å². The van der Waals surface area contributed by atoms with E-state index in [2.05, 4.69) is 12.1 Å². The highest BCUT2D eigenvalue weighted by Gasteiger charge is 2.25. The minimum atomic E-state index is -0.257. The highest BCUT2D eigenvalue weighted by molar-refractivity contribution is 5.83. The zero-order valence-electron chi connectivity index (χ0n) is 16.7. The van der Waals surface area contributed by atoms with Crippen LogP contribution in [0.4, 0.5) is 0 Å². The lowest BCUT2D eigenvalue weighted by Crippen LogP contribution is -2.14. The number of hydrogen-bond donors (Lipinski definition) is 0. The van der Waals surface area contributed by atoms with Gasteiger partial charge in [0.15, 0.2) is 18.3 Å². The maximum atomic E-state index is 5.67. The molecule has 0 saturated heterocycles. The molecule has 1 unspecified atom stereocenters. The summed E-state index contributed by atoms with van der Waals surface area (Å²) in [7, 11) is 4.81. The molecule has 0 aromatic heterocycles. The molecule has 4 rings (SSSR count). The van der Waals surface area contributed by atoms with Crippen LogP contribution < -0.4 is 18.9 Å². The van der Waals surface area contributed by atoms with Crippen LogP contribution in [0.1, 0.15) is 22.7 Å². The number of fused-ring (bicyclic) bond motifs is 1. The second kappa shape index (κ2) is 8.41. The Kier molecular flexibility index (Phi) is 5.53. The van der Waals surface area contributed by atoms with Crippen molar-refractivity contribution in [3.05, 3.63) is 65.3 Å². The second-order valence-corrected chi connectivity index (χ2v) is 6.56. The van der Waals surface area contributed by atoms with Crippen LogP contribution in [-0.4, -0.2) is 34.3 Å². The lowest BCUT2D eigenvalue weighted by atomic mass is 9.89. The van der Waals surface area contributed by atoms with Crippen LogP contribution in [0.2, 0.25) is 0 Å². The van der Waals surface area contributed by atoms with Gasteiger partial charge in [-0.1, -0.05) is 24.3 Å². The molecule has 0 spiro atoms. The summed E-state index contributed by atoms with van der Waals surface area (Å²) >= 11 is 0. The van der Waals surface area contributed by atoms with E-state index in [0.29, 0.717) is 23.9 Å². The molecule has 0 radical (unpaired) electrons. The first kappa shape index (κ1) is 19.1. The number of methoxy groups -OCH3 is 3. The highest BCUT2D eigenvalue weighted by atomic mass is 16.7. The number of nitrogens with zero attached hydrogens (tertiary/aromatic N) is 1. The zero-order valence-corrected chi connectivity index (χ0v) is 16.7. The molecule has 2 aliphatic heterocycles. The summed E-state index contributed by atoms with van der Waals surface area (Å²) in [5.41, 5.74) is 4.04. The summed E-state index contributed by atoms with van der Waals surface area (Å²) in [6.45, 7) is 0.766. The van der Waals surface area contributed by atoms with Crippen LogP contribution in [-0.2, 0) is 11.3 Å². The first-order valence-corrected chi connectivity index (χ1v) is 9.29. The first-order valence-electron chi connectivity index (χ1n) is 9.29. The molecule has 0 amide bonds. The van der Waals surface area contributed by atoms with Gasteiger partial charge in [-0.15, -0.1) is 0 Å². The Labute approximate surface area is 170 Å². The third-order valence-corrected chi connectivity index (χ3v) is 4.99. The van der Waals surface area contributed by atoms with Gasteiger partial charge in [-0.3, -0.25) is 4.99 Å². The van der Waals surface area contributed by atoms with Crippen molar-refractivity contribution in [3.63, 3.8) is 0 Å².